The maximum atomic E-state index is 11.1. The second-order valence-corrected chi connectivity index (χ2v) is 5.54. The zero-order valence-electron chi connectivity index (χ0n) is 9.02. The molecule has 1 aromatic heterocycles. The first-order valence-electron chi connectivity index (χ1n) is 4.93. The van der Waals surface area contributed by atoms with Crippen LogP contribution in [0.5, 0.6) is 0 Å². The zero-order valence-corrected chi connectivity index (χ0v) is 9.91. The molecule has 0 fully saturated rings. The highest BCUT2D eigenvalue weighted by atomic mass is 31.2. The van der Waals surface area contributed by atoms with E-state index in [4.69, 9.17) is 14.3 Å². The largest absolute Gasteiger partial charge is 0.336 e. The number of benzene rings is 1. The van der Waals surface area contributed by atoms with E-state index in [9.17, 15) is 4.57 Å². The molecule has 1 aromatic carbocycles. The molecule has 0 bridgehead atoms. The van der Waals surface area contributed by atoms with Gasteiger partial charge in [-0.15, -0.1) is 0 Å². The molecule has 0 saturated carbocycles. The average Bonchev–Trinajstić information content (AvgIpc) is 2.77. The standard InChI is InChI=1S/C10H11N2O4P/c1-7(17(13,14)15)9-11-10(16-12-9)8-5-3-2-4-6-8/h2-7H,1H3,(H2,13,14,15). The summed E-state index contributed by atoms with van der Waals surface area (Å²) in [7, 11) is -4.24. The van der Waals surface area contributed by atoms with Gasteiger partial charge < -0.3 is 14.3 Å². The van der Waals surface area contributed by atoms with Gasteiger partial charge in [0.2, 0.25) is 0 Å². The van der Waals surface area contributed by atoms with Crippen LogP contribution in [-0.4, -0.2) is 19.9 Å². The molecule has 2 N–H and O–H groups in total. The van der Waals surface area contributed by atoms with Crippen LogP contribution in [0.1, 0.15) is 18.4 Å². The molecule has 0 saturated heterocycles. The third-order valence-electron chi connectivity index (χ3n) is 2.34. The average molecular weight is 254 g/mol. The van der Waals surface area contributed by atoms with E-state index in [2.05, 4.69) is 10.1 Å². The van der Waals surface area contributed by atoms with Gasteiger partial charge in [0.15, 0.2) is 5.82 Å². The normalized spacial score (nSPS) is 13.6. The van der Waals surface area contributed by atoms with Crippen LogP contribution in [0.25, 0.3) is 11.5 Å². The topological polar surface area (TPSA) is 96.5 Å². The van der Waals surface area contributed by atoms with E-state index in [0.717, 1.165) is 0 Å². The van der Waals surface area contributed by atoms with Crippen molar-refractivity contribution in [2.75, 3.05) is 0 Å². The maximum Gasteiger partial charge on any atom is 0.336 e. The minimum Gasteiger partial charge on any atom is -0.334 e. The minimum absolute atomic E-state index is 0.0113. The molecule has 1 unspecified atom stereocenters. The molecule has 6 nitrogen and oxygen atoms in total. The predicted octanol–water partition coefficient (Wildman–Crippen LogP) is 1.98. The molecule has 0 aliphatic rings. The number of hydrogen-bond acceptors (Lipinski definition) is 4. The summed E-state index contributed by atoms with van der Waals surface area (Å²) in [6.07, 6.45) is 0. The Bertz CT molecular complexity index is 548. The van der Waals surface area contributed by atoms with Gasteiger partial charge in [-0.3, -0.25) is 4.57 Å². The molecule has 1 atom stereocenters. The van der Waals surface area contributed by atoms with E-state index in [0.29, 0.717) is 5.56 Å². The SMILES string of the molecule is CC(c1noc(-c2ccccc2)n1)P(=O)(O)O. The molecule has 2 aromatic rings. The molecule has 0 amide bonds. The van der Waals surface area contributed by atoms with Crippen molar-refractivity contribution >= 4 is 7.60 Å². The van der Waals surface area contributed by atoms with E-state index >= 15 is 0 Å². The molecule has 0 spiro atoms. The Balaban J connectivity index is 2.32. The van der Waals surface area contributed by atoms with Gasteiger partial charge in [-0.2, -0.15) is 4.98 Å². The zero-order chi connectivity index (χ0) is 12.5. The highest BCUT2D eigenvalue weighted by molar-refractivity contribution is 7.52. The summed E-state index contributed by atoms with van der Waals surface area (Å²) in [5, 5.41) is 3.58. The summed E-state index contributed by atoms with van der Waals surface area (Å²) >= 11 is 0. The van der Waals surface area contributed by atoms with E-state index < -0.39 is 13.3 Å². The Morgan fingerprint density at radius 1 is 1.29 bits per heavy atom. The first kappa shape index (κ1) is 12.0. The van der Waals surface area contributed by atoms with Crippen LogP contribution in [0, 0.1) is 0 Å². The molecular formula is C10H11N2O4P. The van der Waals surface area contributed by atoms with Crippen LogP contribution in [-0.2, 0) is 4.57 Å². The number of rotatable bonds is 3. The Morgan fingerprint density at radius 3 is 2.53 bits per heavy atom. The van der Waals surface area contributed by atoms with Crippen LogP contribution >= 0.6 is 7.60 Å². The van der Waals surface area contributed by atoms with E-state index in [1.54, 1.807) is 12.1 Å². The molecule has 1 heterocycles. The predicted molar refractivity (Wildman–Crippen MR) is 60.2 cm³/mol. The first-order valence-corrected chi connectivity index (χ1v) is 6.61. The van der Waals surface area contributed by atoms with Gasteiger partial charge in [0.05, 0.1) is 0 Å². The lowest BCUT2D eigenvalue weighted by Crippen LogP contribution is -1.97. The van der Waals surface area contributed by atoms with Crippen molar-refractivity contribution in [2.24, 2.45) is 0 Å². The summed E-state index contributed by atoms with van der Waals surface area (Å²) < 4.78 is 16.0. The molecule has 0 aliphatic heterocycles. The second-order valence-electron chi connectivity index (χ2n) is 3.59. The fourth-order valence-electron chi connectivity index (χ4n) is 1.25. The lowest BCUT2D eigenvalue weighted by Gasteiger charge is -2.07. The van der Waals surface area contributed by atoms with Crippen molar-refractivity contribution in [1.29, 1.82) is 0 Å². The van der Waals surface area contributed by atoms with E-state index in [-0.39, 0.29) is 11.7 Å². The number of nitrogens with zero attached hydrogens (tertiary/aromatic N) is 2. The fourth-order valence-corrected chi connectivity index (χ4v) is 1.66. The van der Waals surface area contributed by atoms with Crippen molar-refractivity contribution in [3.05, 3.63) is 36.2 Å². The summed E-state index contributed by atoms with van der Waals surface area (Å²) in [6, 6.07) is 9.02. The molecular weight excluding hydrogens is 243 g/mol. The van der Waals surface area contributed by atoms with Crippen molar-refractivity contribution < 1.29 is 18.9 Å². The summed E-state index contributed by atoms with van der Waals surface area (Å²) in [5.74, 6) is 0.262. The lowest BCUT2D eigenvalue weighted by atomic mass is 10.2. The Morgan fingerprint density at radius 2 is 1.94 bits per heavy atom. The van der Waals surface area contributed by atoms with Crippen LogP contribution in [0.2, 0.25) is 0 Å². The van der Waals surface area contributed by atoms with Gasteiger partial charge in [0.25, 0.3) is 5.89 Å². The quantitative estimate of drug-likeness (QED) is 0.813. The Hall–Kier alpha value is -1.49. The van der Waals surface area contributed by atoms with Gasteiger partial charge in [0, 0.05) is 5.56 Å². The molecule has 90 valence electrons. The van der Waals surface area contributed by atoms with Gasteiger partial charge >= 0.3 is 7.60 Å². The molecule has 7 heteroatoms. The minimum atomic E-state index is -4.24. The monoisotopic (exact) mass is 254 g/mol. The Labute approximate surface area is 97.5 Å². The maximum absolute atomic E-state index is 11.1. The highest BCUT2D eigenvalue weighted by Gasteiger charge is 2.30. The van der Waals surface area contributed by atoms with Crippen molar-refractivity contribution in [3.63, 3.8) is 0 Å². The molecule has 0 radical (unpaired) electrons. The van der Waals surface area contributed by atoms with Crippen molar-refractivity contribution in [1.82, 2.24) is 10.1 Å². The van der Waals surface area contributed by atoms with Gasteiger partial charge in [-0.25, -0.2) is 0 Å². The highest BCUT2D eigenvalue weighted by Crippen LogP contribution is 2.50. The van der Waals surface area contributed by atoms with Crippen LogP contribution < -0.4 is 0 Å². The molecule has 0 aliphatic carbocycles. The molecule has 17 heavy (non-hydrogen) atoms. The Kier molecular flexibility index (Phi) is 3.11. The third kappa shape index (κ3) is 2.61. The second kappa shape index (κ2) is 4.41. The summed E-state index contributed by atoms with van der Waals surface area (Å²) in [4.78, 5) is 22.0. The van der Waals surface area contributed by atoms with Gasteiger partial charge in [-0.1, -0.05) is 23.4 Å². The number of hydrogen-bond donors (Lipinski definition) is 2. The fraction of sp³-hybridized carbons (Fsp3) is 0.200. The lowest BCUT2D eigenvalue weighted by molar-refractivity contribution is 0.355. The van der Waals surface area contributed by atoms with Gasteiger partial charge in [0.1, 0.15) is 5.66 Å². The van der Waals surface area contributed by atoms with Crippen molar-refractivity contribution in [2.45, 2.75) is 12.6 Å². The summed E-state index contributed by atoms with van der Waals surface area (Å²) in [6.45, 7) is 1.36. The van der Waals surface area contributed by atoms with E-state index in [1.807, 2.05) is 18.2 Å². The van der Waals surface area contributed by atoms with Crippen LogP contribution in [0.3, 0.4) is 0 Å². The third-order valence-corrected chi connectivity index (χ3v) is 3.58. The van der Waals surface area contributed by atoms with E-state index in [1.165, 1.54) is 6.92 Å². The van der Waals surface area contributed by atoms with Crippen molar-refractivity contribution in [3.8, 4) is 11.5 Å². The molecule has 2 rings (SSSR count). The smallest absolute Gasteiger partial charge is 0.334 e. The first-order chi connectivity index (χ1) is 7.98. The van der Waals surface area contributed by atoms with Crippen LogP contribution in [0.4, 0.5) is 0 Å². The number of aromatic nitrogens is 2. The summed E-state index contributed by atoms with van der Waals surface area (Å²) in [5.41, 5.74) is -0.354. The van der Waals surface area contributed by atoms with Gasteiger partial charge in [-0.05, 0) is 19.1 Å². The van der Waals surface area contributed by atoms with Crippen LogP contribution in [0.15, 0.2) is 34.9 Å².